The minimum Gasteiger partial charge on any atom is -0.465 e. The summed E-state index contributed by atoms with van der Waals surface area (Å²) in [6.07, 6.45) is 0. The lowest BCUT2D eigenvalue weighted by Gasteiger charge is -2.36. The highest BCUT2D eigenvalue weighted by Crippen LogP contribution is 2.11. The summed E-state index contributed by atoms with van der Waals surface area (Å²) in [6, 6.07) is 6.57. The SMILES string of the molecule is COC(=O)c1ccc(NC(=O)CN2CCN(C(=O)CN3CCOCC3)CC2)cc1. The number of methoxy groups -OCH3 is 1. The molecule has 1 aromatic carbocycles. The molecule has 0 saturated carbocycles. The van der Waals surface area contributed by atoms with E-state index in [0.717, 1.165) is 13.1 Å². The number of nitrogens with zero attached hydrogens (tertiary/aromatic N) is 3. The van der Waals surface area contributed by atoms with Crippen LogP contribution in [0.25, 0.3) is 0 Å². The monoisotopic (exact) mass is 404 g/mol. The molecule has 2 fully saturated rings. The summed E-state index contributed by atoms with van der Waals surface area (Å²) in [6.45, 7) is 6.26. The molecule has 0 radical (unpaired) electrons. The highest BCUT2D eigenvalue weighted by molar-refractivity contribution is 5.94. The van der Waals surface area contributed by atoms with Gasteiger partial charge in [-0.2, -0.15) is 0 Å². The predicted octanol–water partition coefficient (Wildman–Crippen LogP) is -0.112. The molecule has 0 aromatic heterocycles. The summed E-state index contributed by atoms with van der Waals surface area (Å²) >= 11 is 0. The van der Waals surface area contributed by atoms with Crippen molar-refractivity contribution in [3.8, 4) is 0 Å². The molecule has 2 aliphatic rings. The van der Waals surface area contributed by atoms with Crippen molar-refractivity contribution in [1.82, 2.24) is 14.7 Å². The third kappa shape index (κ3) is 6.25. The third-order valence-corrected chi connectivity index (χ3v) is 5.14. The van der Waals surface area contributed by atoms with E-state index < -0.39 is 5.97 Å². The van der Waals surface area contributed by atoms with E-state index in [-0.39, 0.29) is 18.4 Å². The van der Waals surface area contributed by atoms with E-state index in [1.807, 2.05) is 9.80 Å². The van der Waals surface area contributed by atoms with Crippen LogP contribution in [0.3, 0.4) is 0 Å². The van der Waals surface area contributed by atoms with Gasteiger partial charge in [-0.25, -0.2) is 4.79 Å². The number of anilines is 1. The first-order chi connectivity index (χ1) is 14.0. The van der Waals surface area contributed by atoms with Crippen LogP contribution in [0.1, 0.15) is 10.4 Å². The molecule has 3 rings (SSSR count). The molecule has 9 nitrogen and oxygen atoms in total. The second-order valence-electron chi connectivity index (χ2n) is 7.16. The van der Waals surface area contributed by atoms with Crippen LogP contribution >= 0.6 is 0 Å². The van der Waals surface area contributed by atoms with E-state index >= 15 is 0 Å². The van der Waals surface area contributed by atoms with Gasteiger partial charge in [-0.15, -0.1) is 0 Å². The van der Waals surface area contributed by atoms with Gasteiger partial charge in [-0.3, -0.25) is 19.4 Å². The van der Waals surface area contributed by atoms with Crippen molar-refractivity contribution in [2.75, 3.05) is 78.0 Å². The van der Waals surface area contributed by atoms with Crippen molar-refractivity contribution in [1.29, 1.82) is 0 Å². The maximum Gasteiger partial charge on any atom is 0.337 e. The number of amides is 2. The molecule has 1 N–H and O–H groups in total. The van der Waals surface area contributed by atoms with Gasteiger partial charge >= 0.3 is 5.97 Å². The quantitative estimate of drug-likeness (QED) is 0.662. The minimum atomic E-state index is -0.413. The average molecular weight is 404 g/mol. The Kier molecular flexibility index (Phi) is 7.56. The number of carbonyl (C=O) groups excluding carboxylic acids is 3. The summed E-state index contributed by atoms with van der Waals surface area (Å²) in [4.78, 5) is 42.2. The van der Waals surface area contributed by atoms with Crippen LogP contribution in [0.4, 0.5) is 5.69 Å². The Balaban J connectivity index is 1.39. The van der Waals surface area contributed by atoms with Gasteiger partial charge in [-0.1, -0.05) is 0 Å². The lowest BCUT2D eigenvalue weighted by molar-refractivity contribution is -0.135. The molecule has 0 bridgehead atoms. The summed E-state index contributed by atoms with van der Waals surface area (Å²) in [5.41, 5.74) is 1.06. The van der Waals surface area contributed by atoms with E-state index in [1.54, 1.807) is 24.3 Å². The third-order valence-electron chi connectivity index (χ3n) is 5.14. The van der Waals surface area contributed by atoms with Gasteiger partial charge in [0.25, 0.3) is 0 Å². The van der Waals surface area contributed by atoms with Gasteiger partial charge in [0.1, 0.15) is 0 Å². The molecule has 158 valence electrons. The van der Waals surface area contributed by atoms with Gasteiger partial charge in [0, 0.05) is 45.0 Å². The zero-order valence-corrected chi connectivity index (χ0v) is 16.8. The fraction of sp³-hybridized carbons (Fsp3) is 0.550. The number of morpholine rings is 1. The molecule has 9 heteroatoms. The topological polar surface area (TPSA) is 91.4 Å². The van der Waals surface area contributed by atoms with Crippen molar-refractivity contribution in [3.63, 3.8) is 0 Å². The van der Waals surface area contributed by atoms with Crippen LogP contribution in [0.15, 0.2) is 24.3 Å². The number of benzene rings is 1. The fourth-order valence-electron chi connectivity index (χ4n) is 3.42. The summed E-state index contributed by atoms with van der Waals surface area (Å²) in [7, 11) is 1.33. The Morgan fingerprint density at radius 3 is 2.17 bits per heavy atom. The first-order valence-corrected chi connectivity index (χ1v) is 9.83. The second kappa shape index (κ2) is 10.3. The molecular formula is C20H28N4O5. The van der Waals surface area contributed by atoms with Crippen LogP contribution < -0.4 is 5.32 Å². The number of esters is 1. The summed E-state index contributed by atoms with van der Waals surface area (Å²) < 4.78 is 9.97. The highest BCUT2D eigenvalue weighted by atomic mass is 16.5. The Morgan fingerprint density at radius 2 is 1.55 bits per heavy atom. The van der Waals surface area contributed by atoms with Gasteiger partial charge in [0.2, 0.25) is 11.8 Å². The summed E-state index contributed by atoms with van der Waals surface area (Å²) in [5, 5.41) is 2.83. The van der Waals surface area contributed by atoms with Crippen LogP contribution in [0.5, 0.6) is 0 Å². The number of nitrogens with one attached hydrogen (secondary N) is 1. The molecular weight excluding hydrogens is 376 g/mol. The maximum atomic E-state index is 12.4. The Bertz CT molecular complexity index is 710. The molecule has 2 aliphatic heterocycles. The number of carbonyl (C=O) groups is 3. The van der Waals surface area contributed by atoms with Crippen LogP contribution in [0.2, 0.25) is 0 Å². The highest BCUT2D eigenvalue weighted by Gasteiger charge is 2.24. The minimum absolute atomic E-state index is 0.121. The maximum absolute atomic E-state index is 12.4. The van der Waals surface area contributed by atoms with Crippen LogP contribution in [-0.2, 0) is 19.1 Å². The summed E-state index contributed by atoms with van der Waals surface area (Å²) in [5.74, 6) is -0.394. The van der Waals surface area contributed by atoms with E-state index in [9.17, 15) is 14.4 Å². The molecule has 2 amide bonds. The van der Waals surface area contributed by atoms with Crippen molar-refractivity contribution in [3.05, 3.63) is 29.8 Å². The smallest absolute Gasteiger partial charge is 0.337 e. The predicted molar refractivity (Wildman–Crippen MR) is 107 cm³/mol. The Morgan fingerprint density at radius 1 is 0.931 bits per heavy atom. The lowest BCUT2D eigenvalue weighted by atomic mass is 10.2. The largest absolute Gasteiger partial charge is 0.465 e. The molecule has 2 heterocycles. The van der Waals surface area contributed by atoms with E-state index in [4.69, 9.17) is 4.74 Å². The number of hydrogen-bond donors (Lipinski definition) is 1. The van der Waals surface area contributed by atoms with E-state index in [2.05, 4.69) is 15.0 Å². The average Bonchev–Trinajstić information content (AvgIpc) is 2.75. The van der Waals surface area contributed by atoms with E-state index in [0.29, 0.717) is 57.2 Å². The standard InChI is InChI=1S/C20H28N4O5/c1-28-20(27)16-2-4-17(5-3-16)21-18(25)14-22-6-8-24(9-7-22)19(26)15-23-10-12-29-13-11-23/h2-5H,6-15H2,1H3,(H,21,25). The first-order valence-electron chi connectivity index (χ1n) is 9.83. The lowest BCUT2D eigenvalue weighted by Crippen LogP contribution is -2.53. The molecule has 0 spiro atoms. The molecule has 29 heavy (non-hydrogen) atoms. The first kappa shape index (κ1) is 21.2. The van der Waals surface area contributed by atoms with Gasteiger partial charge in [0.05, 0.1) is 39.0 Å². The molecule has 0 unspecified atom stereocenters. The van der Waals surface area contributed by atoms with Gasteiger partial charge in [0.15, 0.2) is 0 Å². The van der Waals surface area contributed by atoms with Gasteiger partial charge in [-0.05, 0) is 24.3 Å². The normalized spacial score (nSPS) is 18.3. The molecule has 2 saturated heterocycles. The Hall–Kier alpha value is -2.49. The van der Waals surface area contributed by atoms with Gasteiger partial charge < -0.3 is 19.7 Å². The second-order valence-corrected chi connectivity index (χ2v) is 7.16. The van der Waals surface area contributed by atoms with Crippen LogP contribution in [-0.4, -0.2) is 105 Å². The fourth-order valence-corrected chi connectivity index (χ4v) is 3.42. The van der Waals surface area contributed by atoms with E-state index in [1.165, 1.54) is 7.11 Å². The van der Waals surface area contributed by atoms with Crippen molar-refractivity contribution >= 4 is 23.5 Å². The molecule has 0 aliphatic carbocycles. The molecule has 0 atom stereocenters. The number of rotatable bonds is 6. The van der Waals surface area contributed by atoms with Crippen molar-refractivity contribution in [2.45, 2.75) is 0 Å². The van der Waals surface area contributed by atoms with Crippen molar-refractivity contribution in [2.24, 2.45) is 0 Å². The zero-order valence-electron chi connectivity index (χ0n) is 16.8. The van der Waals surface area contributed by atoms with Crippen LogP contribution in [0, 0.1) is 0 Å². The number of hydrogen-bond acceptors (Lipinski definition) is 7. The zero-order chi connectivity index (χ0) is 20.6. The number of piperazine rings is 1. The van der Waals surface area contributed by atoms with Crippen molar-refractivity contribution < 1.29 is 23.9 Å². The Labute approximate surface area is 170 Å². The number of ether oxygens (including phenoxy) is 2. The molecule has 1 aromatic rings.